The van der Waals surface area contributed by atoms with E-state index in [2.05, 4.69) is 18.7 Å². The highest BCUT2D eigenvalue weighted by Crippen LogP contribution is 2.33. The lowest BCUT2D eigenvalue weighted by Gasteiger charge is -2.37. The van der Waals surface area contributed by atoms with Crippen LogP contribution < -0.4 is 0 Å². The van der Waals surface area contributed by atoms with Crippen molar-refractivity contribution in [3.63, 3.8) is 0 Å². The van der Waals surface area contributed by atoms with Crippen LogP contribution in [0.25, 0.3) is 0 Å². The third-order valence-electron chi connectivity index (χ3n) is 4.25. The van der Waals surface area contributed by atoms with Crippen LogP contribution in [0.1, 0.15) is 58.8 Å². The van der Waals surface area contributed by atoms with Gasteiger partial charge < -0.3 is 0 Å². The average molecular weight is 209 g/mol. The van der Waals surface area contributed by atoms with Gasteiger partial charge in [-0.1, -0.05) is 6.92 Å². The van der Waals surface area contributed by atoms with E-state index in [9.17, 15) is 4.79 Å². The Hall–Kier alpha value is -0.370. The minimum absolute atomic E-state index is 0.478. The Bertz CT molecular complexity index is 229. The number of rotatable bonds is 2. The summed E-state index contributed by atoms with van der Waals surface area (Å²) in [7, 11) is 0. The highest BCUT2D eigenvalue weighted by Gasteiger charge is 2.35. The fourth-order valence-corrected chi connectivity index (χ4v) is 3.39. The zero-order valence-corrected chi connectivity index (χ0v) is 10.0. The van der Waals surface area contributed by atoms with Gasteiger partial charge in [0.1, 0.15) is 5.78 Å². The number of carbonyl (C=O) groups excluding carboxylic acids is 1. The topological polar surface area (TPSA) is 20.3 Å². The monoisotopic (exact) mass is 209 g/mol. The summed E-state index contributed by atoms with van der Waals surface area (Å²) in [5.74, 6) is 0.478. The molecule has 2 aliphatic rings. The number of carbonyl (C=O) groups is 1. The van der Waals surface area contributed by atoms with Gasteiger partial charge in [-0.3, -0.25) is 9.69 Å². The molecule has 2 nitrogen and oxygen atoms in total. The highest BCUT2D eigenvalue weighted by atomic mass is 16.1. The van der Waals surface area contributed by atoms with Gasteiger partial charge in [0, 0.05) is 31.0 Å². The molecule has 2 fully saturated rings. The molecule has 2 rings (SSSR count). The van der Waals surface area contributed by atoms with Gasteiger partial charge >= 0.3 is 0 Å². The smallest absolute Gasteiger partial charge is 0.133 e. The van der Waals surface area contributed by atoms with Crippen LogP contribution in [0.5, 0.6) is 0 Å². The van der Waals surface area contributed by atoms with Crippen molar-refractivity contribution in [3.05, 3.63) is 0 Å². The molecule has 0 N–H and O–H groups in total. The number of Topliss-reactive ketones (excluding diaryl/α,β-unsaturated/α-hetero) is 1. The van der Waals surface area contributed by atoms with Gasteiger partial charge in [-0.05, 0) is 39.0 Å². The van der Waals surface area contributed by atoms with E-state index in [1.165, 1.54) is 19.3 Å². The number of hydrogen-bond donors (Lipinski definition) is 0. The molecule has 0 aromatic heterocycles. The number of nitrogens with zero attached hydrogens (tertiary/aromatic N) is 1. The van der Waals surface area contributed by atoms with Crippen LogP contribution in [-0.4, -0.2) is 28.8 Å². The number of ketones is 1. The summed E-state index contributed by atoms with van der Waals surface area (Å²) in [6.45, 7) is 4.65. The van der Waals surface area contributed by atoms with Crippen LogP contribution in [0.2, 0.25) is 0 Å². The van der Waals surface area contributed by atoms with Crippen LogP contribution in [-0.2, 0) is 4.79 Å². The largest absolute Gasteiger partial charge is 0.300 e. The van der Waals surface area contributed by atoms with Gasteiger partial charge in [0.05, 0.1) is 0 Å². The maximum atomic E-state index is 11.2. The summed E-state index contributed by atoms with van der Waals surface area (Å²) in [6, 6.07) is 2.23. The minimum atomic E-state index is 0.478. The lowest BCUT2D eigenvalue weighted by Crippen LogP contribution is -2.44. The summed E-state index contributed by atoms with van der Waals surface area (Å²) >= 11 is 0. The van der Waals surface area contributed by atoms with Gasteiger partial charge in [0.15, 0.2) is 0 Å². The van der Waals surface area contributed by atoms with E-state index in [1.807, 2.05) is 0 Å². The maximum Gasteiger partial charge on any atom is 0.133 e. The second-order valence-corrected chi connectivity index (χ2v) is 5.21. The van der Waals surface area contributed by atoms with Crippen molar-refractivity contribution >= 4 is 5.78 Å². The van der Waals surface area contributed by atoms with E-state index in [0.717, 1.165) is 37.8 Å². The van der Waals surface area contributed by atoms with Crippen LogP contribution >= 0.6 is 0 Å². The third kappa shape index (κ3) is 2.25. The van der Waals surface area contributed by atoms with Crippen LogP contribution in [0.15, 0.2) is 0 Å². The molecule has 1 heterocycles. The summed E-state index contributed by atoms with van der Waals surface area (Å²) in [5.41, 5.74) is 0. The fourth-order valence-electron chi connectivity index (χ4n) is 3.39. The zero-order valence-electron chi connectivity index (χ0n) is 10.0. The molecule has 0 bridgehead atoms. The van der Waals surface area contributed by atoms with Crippen molar-refractivity contribution in [1.29, 1.82) is 0 Å². The molecule has 2 unspecified atom stereocenters. The number of hydrogen-bond acceptors (Lipinski definition) is 2. The first-order valence-corrected chi connectivity index (χ1v) is 6.51. The van der Waals surface area contributed by atoms with E-state index in [-0.39, 0.29) is 0 Å². The maximum absolute atomic E-state index is 11.2. The summed E-state index contributed by atoms with van der Waals surface area (Å²) < 4.78 is 0. The molecule has 0 aromatic rings. The van der Waals surface area contributed by atoms with Crippen LogP contribution in [0.3, 0.4) is 0 Å². The molecule has 0 spiro atoms. The van der Waals surface area contributed by atoms with Crippen LogP contribution in [0, 0.1) is 0 Å². The predicted molar refractivity (Wildman–Crippen MR) is 61.9 cm³/mol. The normalized spacial score (nSPS) is 34.9. The lowest BCUT2D eigenvalue weighted by atomic mass is 9.92. The molecule has 0 amide bonds. The molecule has 86 valence electrons. The molecule has 1 saturated carbocycles. The first-order valence-electron chi connectivity index (χ1n) is 6.51. The van der Waals surface area contributed by atoms with Gasteiger partial charge in [0.2, 0.25) is 0 Å². The second kappa shape index (κ2) is 4.65. The van der Waals surface area contributed by atoms with Gasteiger partial charge in [-0.25, -0.2) is 0 Å². The molecule has 1 saturated heterocycles. The molecule has 1 aliphatic carbocycles. The van der Waals surface area contributed by atoms with E-state index in [0.29, 0.717) is 11.8 Å². The third-order valence-corrected chi connectivity index (χ3v) is 4.25. The Morgan fingerprint density at radius 2 is 1.87 bits per heavy atom. The Morgan fingerprint density at radius 3 is 2.47 bits per heavy atom. The predicted octanol–water partition coefficient (Wildman–Crippen LogP) is 2.76. The Balaban J connectivity index is 1.98. The van der Waals surface area contributed by atoms with Gasteiger partial charge in [-0.2, -0.15) is 0 Å². The van der Waals surface area contributed by atoms with Crippen LogP contribution in [0.4, 0.5) is 0 Å². The molecule has 0 aromatic carbocycles. The van der Waals surface area contributed by atoms with Gasteiger partial charge in [0.25, 0.3) is 0 Å². The van der Waals surface area contributed by atoms with E-state index < -0.39 is 0 Å². The Kier molecular flexibility index (Phi) is 3.45. The minimum Gasteiger partial charge on any atom is -0.300 e. The van der Waals surface area contributed by atoms with Crippen molar-refractivity contribution < 1.29 is 4.79 Å². The highest BCUT2D eigenvalue weighted by molar-refractivity contribution is 5.79. The SMILES string of the molecule is CCC1CCC(C)N1C1CCC(=O)CC1. The second-order valence-electron chi connectivity index (χ2n) is 5.21. The first kappa shape index (κ1) is 11.1. The van der Waals surface area contributed by atoms with Crippen molar-refractivity contribution in [2.75, 3.05) is 0 Å². The van der Waals surface area contributed by atoms with Crippen molar-refractivity contribution in [2.45, 2.75) is 76.9 Å². The Morgan fingerprint density at radius 1 is 1.20 bits per heavy atom. The van der Waals surface area contributed by atoms with Crippen molar-refractivity contribution in [1.82, 2.24) is 4.90 Å². The molecule has 0 radical (unpaired) electrons. The van der Waals surface area contributed by atoms with Crippen molar-refractivity contribution in [2.24, 2.45) is 0 Å². The molecular weight excluding hydrogens is 186 g/mol. The summed E-state index contributed by atoms with van der Waals surface area (Å²) in [4.78, 5) is 14.0. The summed E-state index contributed by atoms with van der Waals surface area (Å²) in [5, 5.41) is 0. The first-order chi connectivity index (χ1) is 7.22. The molecule has 15 heavy (non-hydrogen) atoms. The van der Waals surface area contributed by atoms with Crippen molar-refractivity contribution in [3.8, 4) is 0 Å². The molecular formula is C13H23NO. The van der Waals surface area contributed by atoms with E-state index in [1.54, 1.807) is 0 Å². The Labute approximate surface area is 93.0 Å². The zero-order chi connectivity index (χ0) is 10.8. The molecule has 2 atom stereocenters. The quantitative estimate of drug-likeness (QED) is 0.697. The fraction of sp³-hybridized carbons (Fsp3) is 0.923. The molecule has 1 aliphatic heterocycles. The number of likely N-dealkylation sites (tertiary alicyclic amines) is 1. The average Bonchev–Trinajstić information content (AvgIpc) is 2.61. The van der Waals surface area contributed by atoms with E-state index in [4.69, 9.17) is 0 Å². The molecule has 2 heteroatoms. The van der Waals surface area contributed by atoms with E-state index >= 15 is 0 Å². The standard InChI is InChI=1S/C13H23NO/c1-3-11-5-4-10(2)14(11)12-6-8-13(15)9-7-12/h10-12H,3-9H2,1-2H3. The summed E-state index contributed by atoms with van der Waals surface area (Å²) in [6.07, 6.45) is 7.86. The van der Waals surface area contributed by atoms with Gasteiger partial charge in [-0.15, -0.1) is 0 Å². The lowest BCUT2D eigenvalue weighted by molar-refractivity contribution is -0.121.